The Morgan fingerprint density at radius 1 is 1.16 bits per heavy atom. The van der Waals surface area contributed by atoms with Gasteiger partial charge in [-0.05, 0) is 24.3 Å². The van der Waals surface area contributed by atoms with Gasteiger partial charge in [-0.2, -0.15) is 5.10 Å². The lowest BCUT2D eigenvalue weighted by Crippen LogP contribution is -2.28. The number of furan rings is 1. The molecule has 0 saturated heterocycles. The minimum atomic E-state index is -0.201. The summed E-state index contributed by atoms with van der Waals surface area (Å²) in [5, 5.41) is 4.34. The first-order valence-corrected chi connectivity index (χ1v) is 5.98. The fraction of sp³-hybridized carbons (Fsp3) is 0.0714. The predicted molar refractivity (Wildman–Crippen MR) is 71.4 cm³/mol. The summed E-state index contributed by atoms with van der Waals surface area (Å²) in [5.41, 5.74) is 4.69. The number of benzene rings is 1. The molecule has 0 amide bonds. The standard InChI is InChI=1S/C14H14N4O/c15-17-14(13-7-4-8-19-13)11-9-16-18(10-11)12-5-2-1-3-6-12/h1-10,14,17H,15H2. The number of hydrazine groups is 1. The van der Waals surface area contributed by atoms with Gasteiger partial charge in [-0.3, -0.25) is 5.84 Å². The van der Waals surface area contributed by atoms with Gasteiger partial charge in [0.05, 0.1) is 18.1 Å². The van der Waals surface area contributed by atoms with Crippen LogP contribution in [0.1, 0.15) is 17.4 Å². The summed E-state index contributed by atoms with van der Waals surface area (Å²) in [7, 11) is 0. The quantitative estimate of drug-likeness (QED) is 0.552. The number of aromatic nitrogens is 2. The highest BCUT2D eigenvalue weighted by Gasteiger charge is 2.17. The Labute approximate surface area is 110 Å². The maximum Gasteiger partial charge on any atom is 0.126 e. The molecule has 3 N–H and O–H groups in total. The third kappa shape index (κ3) is 2.29. The van der Waals surface area contributed by atoms with Crippen LogP contribution in [0.15, 0.2) is 65.5 Å². The van der Waals surface area contributed by atoms with E-state index < -0.39 is 0 Å². The van der Waals surface area contributed by atoms with Crippen molar-refractivity contribution in [3.8, 4) is 5.69 Å². The second-order valence-corrected chi connectivity index (χ2v) is 4.17. The van der Waals surface area contributed by atoms with Gasteiger partial charge in [0.2, 0.25) is 0 Å². The fourth-order valence-corrected chi connectivity index (χ4v) is 2.01. The van der Waals surface area contributed by atoms with Crippen molar-refractivity contribution in [1.82, 2.24) is 15.2 Å². The Kier molecular flexibility index (Phi) is 3.14. The molecule has 1 aromatic carbocycles. The van der Waals surface area contributed by atoms with E-state index in [0.29, 0.717) is 0 Å². The molecule has 0 spiro atoms. The van der Waals surface area contributed by atoms with E-state index in [1.54, 1.807) is 12.5 Å². The summed E-state index contributed by atoms with van der Waals surface area (Å²) < 4.78 is 7.18. The van der Waals surface area contributed by atoms with Gasteiger partial charge in [0.25, 0.3) is 0 Å². The average molecular weight is 254 g/mol. The maximum atomic E-state index is 5.60. The van der Waals surface area contributed by atoms with Crippen LogP contribution in [0.2, 0.25) is 0 Å². The van der Waals surface area contributed by atoms with Gasteiger partial charge in [0.1, 0.15) is 11.8 Å². The summed E-state index contributed by atoms with van der Waals surface area (Å²) in [6.07, 6.45) is 5.34. The third-order valence-corrected chi connectivity index (χ3v) is 2.95. The van der Waals surface area contributed by atoms with E-state index in [2.05, 4.69) is 10.5 Å². The molecule has 0 aliphatic carbocycles. The van der Waals surface area contributed by atoms with E-state index in [4.69, 9.17) is 10.3 Å². The summed E-state index contributed by atoms with van der Waals surface area (Å²) in [6.45, 7) is 0. The van der Waals surface area contributed by atoms with E-state index in [9.17, 15) is 0 Å². The molecule has 1 atom stereocenters. The predicted octanol–water partition coefficient (Wildman–Crippen LogP) is 2.02. The molecule has 0 saturated carbocycles. The van der Waals surface area contributed by atoms with Crippen molar-refractivity contribution in [3.05, 3.63) is 72.4 Å². The van der Waals surface area contributed by atoms with Gasteiger partial charge in [-0.25, -0.2) is 10.1 Å². The first-order valence-electron chi connectivity index (χ1n) is 5.98. The van der Waals surface area contributed by atoms with Gasteiger partial charge in [0.15, 0.2) is 0 Å². The van der Waals surface area contributed by atoms with Gasteiger partial charge < -0.3 is 4.42 Å². The van der Waals surface area contributed by atoms with E-state index in [0.717, 1.165) is 17.0 Å². The van der Waals surface area contributed by atoms with Crippen molar-refractivity contribution in [3.63, 3.8) is 0 Å². The molecule has 0 aliphatic heterocycles. The van der Waals surface area contributed by atoms with E-state index >= 15 is 0 Å². The van der Waals surface area contributed by atoms with Crippen LogP contribution in [0.4, 0.5) is 0 Å². The topological polar surface area (TPSA) is 69.0 Å². The van der Waals surface area contributed by atoms with Crippen LogP contribution in [0, 0.1) is 0 Å². The molecule has 2 aromatic heterocycles. The van der Waals surface area contributed by atoms with Crippen molar-refractivity contribution < 1.29 is 4.42 Å². The molecule has 1 unspecified atom stereocenters. The number of nitrogens with two attached hydrogens (primary N) is 1. The number of para-hydroxylation sites is 1. The highest BCUT2D eigenvalue weighted by molar-refractivity contribution is 5.32. The minimum Gasteiger partial charge on any atom is -0.467 e. The Morgan fingerprint density at radius 2 is 2.00 bits per heavy atom. The molecule has 3 aromatic rings. The summed E-state index contributed by atoms with van der Waals surface area (Å²) in [6, 6.07) is 13.4. The number of rotatable bonds is 4. The molecule has 5 nitrogen and oxygen atoms in total. The van der Waals surface area contributed by atoms with Gasteiger partial charge in [-0.1, -0.05) is 18.2 Å². The van der Waals surface area contributed by atoms with Crippen LogP contribution in [0.3, 0.4) is 0 Å². The second kappa shape index (κ2) is 5.09. The number of nitrogens with zero attached hydrogens (tertiary/aromatic N) is 2. The van der Waals surface area contributed by atoms with Crippen molar-refractivity contribution in [1.29, 1.82) is 0 Å². The van der Waals surface area contributed by atoms with Crippen LogP contribution in [0.5, 0.6) is 0 Å². The zero-order valence-electron chi connectivity index (χ0n) is 10.2. The monoisotopic (exact) mass is 254 g/mol. The second-order valence-electron chi connectivity index (χ2n) is 4.17. The van der Waals surface area contributed by atoms with Gasteiger partial charge >= 0.3 is 0 Å². The maximum absolute atomic E-state index is 5.60. The zero-order chi connectivity index (χ0) is 13.1. The lowest BCUT2D eigenvalue weighted by Gasteiger charge is -2.10. The molecular formula is C14H14N4O. The molecule has 0 radical (unpaired) electrons. The molecule has 96 valence electrons. The van der Waals surface area contributed by atoms with E-state index in [-0.39, 0.29) is 6.04 Å². The molecule has 0 fully saturated rings. The Balaban J connectivity index is 1.93. The van der Waals surface area contributed by atoms with Gasteiger partial charge in [-0.15, -0.1) is 0 Å². The molecule has 3 rings (SSSR count). The van der Waals surface area contributed by atoms with Gasteiger partial charge in [0, 0.05) is 11.8 Å². The van der Waals surface area contributed by atoms with Crippen molar-refractivity contribution in [2.75, 3.05) is 0 Å². The van der Waals surface area contributed by atoms with E-state index in [1.807, 2.05) is 53.3 Å². The van der Waals surface area contributed by atoms with Crippen molar-refractivity contribution in [2.24, 2.45) is 5.84 Å². The first-order chi connectivity index (χ1) is 9.38. The zero-order valence-corrected chi connectivity index (χ0v) is 10.2. The number of hydrogen-bond acceptors (Lipinski definition) is 4. The Bertz CT molecular complexity index is 631. The first kappa shape index (κ1) is 11.7. The highest BCUT2D eigenvalue weighted by Crippen LogP contribution is 2.22. The molecule has 2 heterocycles. The van der Waals surface area contributed by atoms with Crippen LogP contribution in [-0.2, 0) is 0 Å². The van der Waals surface area contributed by atoms with Crippen LogP contribution in [0.25, 0.3) is 5.69 Å². The lowest BCUT2D eigenvalue weighted by atomic mass is 10.1. The van der Waals surface area contributed by atoms with Crippen LogP contribution < -0.4 is 11.3 Å². The van der Waals surface area contributed by atoms with Crippen molar-refractivity contribution in [2.45, 2.75) is 6.04 Å². The largest absolute Gasteiger partial charge is 0.467 e. The molecule has 5 heteroatoms. The molecular weight excluding hydrogens is 240 g/mol. The lowest BCUT2D eigenvalue weighted by molar-refractivity contribution is 0.452. The normalized spacial score (nSPS) is 12.5. The molecule has 0 aliphatic rings. The molecule has 19 heavy (non-hydrogen) atoms. The summed E-state index contributed by atoms with van der Waals surface area (Å²) in [5.74, 6) is 6.36. The summed E-state index contributed by atoms with van der Waals surface area (Å²) >= 11 is 0. The van der Waals surface area contributed by atoms with Crippen LogP contribution >= 0.6 is 0 Å². The Hall–Kier alpha value is -2.37. The van der Waals surface area contributed by atoms with E-state index in [1.165, 1.54) is 0 Å². The fourth-order valence-electron chi connectivity index (χ4n) is 2.01. The highest BCUT2D eigenvalue weighted by atomic mass is 16.3. The van der Waals surface area contributed by atoms with Crippen molar-refractivity contribution >= 4 is 0 Å². The third-order valence-electron chi connectivity index (χ3n) is 2.95. The summed E-state index contributed by atoms with van der Waals surface area (Å²) in [4.78, 5) is 0. The van der Waals surface area contributed by atoms with Crippen LogP contribution in [-0.4, -0.2) is 9.78 Å². The molecule has 0 bridgehead atoms. The number of nitrogens with one attached hydrogen (secondary N) is 1. The Morgan fingerprint density at radius 3 is 2.68 bits per heavy atom. The minimum absolute atomic E-state index is 0.201. The smallest absolute Gasteiger partial charge is 0.126 e. The average Bonchev–Trinajstić information content (AvgIpc) is 3.12. The number of hydrogen-bond donors (Lipinski definition) is 2. The SMILES string of the molecule is NNC(c1cnn(-c2ccccc2)c1)c1ccco1.